The minimum absolute atomic E-state index is 0.122. The topological polar surface area (TPSA) is 0 Å². The summed E-state index contributed by atoms with van der Waals surface area (Å²) in [6.45, 7) is 2.03. The van der Waals surface area contributed by atoms with Gasteiger partial charge in [0.2, 0.25) is 0 Å². The molecule has 0 nitrogen and oxygen atoms in total. The number of halogens is 6. The second kappa shape index (κ2) is 7.88. The molecule has 0 saturated heterocycles. The Balaban J connectivity index is 2.39. The Hall–Kier alpha value is -2.06. The van der Waals surface area contributed by atoms with Gasteiger partial charge in [-0.2, -0.15) is 13.2 Å². The van der Waals surface area contributed by atoms with E-state index in [1.807, 2.05) is 6.92 Å². The van der Waals surface area contributed by atoms with Crippen molar-refractivity contribution in [2.24, 2.45) is 0 Å². The molecule has 2 aromatic carbocycles. The molecule has 6 heteroatoms. The molecule has 0 radical (unpaired) electrons. The first-order valence-electron chi connectivity index (χ1n) is 7.59. The molecular formula is C19H14ClF5. The van der Waals surface area contributed by atoms with E-state index in [0.717, 1.165) is 36.8 Å². The highest BCUT2D eigenvalue weighted by Gasteiger charge is 2.23. The molecule has 0 saturated carbocycles. The molecule has 2 rings (SSSR count). The van der Waals surface area contributed by atoms with E-state index < -0.39 is 23.4 Å². The van der Waals surface area contributed by atoms with Crippen LogP contribution >= 0.6 is 11.6 Å². The van der Waals surface area contributed by atoms with Crippen LogP contribution in [-0.4, -0.2) is 6.18 Å². The predicted octanol–water partition coefficient (Wildman–Crippen LogP) is 6.54. The van der Waals surface area contributed by atoms with E-state index in [1.54, 1.807) is 12.0 Å². The quantitative estimate of drug-likeness (QED) is 0.422. The number of unbranched alkanes of at least 4 members (excludes halogenated alkanes) is 1. The second-order valence-electron chi connectivity index (χ2n) is 5.48. The van der Waals surface area contributed by atoms with Crippen molar-refractivity contribution < 1.29 is 22.0 Å². The first-order chi connectivity index (χ1) is 11.7. The van der Waals surface area contributed by atoms with E-state index >= 15 is 0 Å². The lowest BCUT2D eigenvalue weighted by Crippen LogP contribution is -2.02. The van der Waals surface area contributed by atoms with E-state index in [0.29, 0.717) is 0 Å². The van der Waals surface area contributed by atoms with Crippen LogP contribution in [-0.2, 0) is 6.42 Å². The smallest absolute Gasteiger partial charge is 0.206 e. The zero-order valence-corrected chi connectivity index (χ0v) is 14.0. The average Bonchev–Trinajstić information content (AvgIpc) is 2.51. The van der Waals surface area contributed by atoms with Crippen molar-refractivity contribution in [1.29, 1.82) is 0 Å². The van der Waals surface area contributed by atoms with Crippen molar-refractivity contribution in [3.05, 3.63) is 58.1 Å². The highest BCUT2D eigenvalue weighted by Crippen LogP contribution is 2.30. The number of aryl methyl sites for hydroxylation is 1. The van der Waals surface area contributed by atoms with Crippen LogP contribution < -0.4 is 0 Å². The fourth-order valence-corrected chi connectivity index (χ4v) is 2.57. The van der Waals surface area contributed by atoms with Crippen molar-refractivity contribution in [1.82, 2.24) is 0 Å². The zero-order chi connectivity index (χ0) is 18.6. The van der Waals surface area contributed by atoms with Gasteiger partial charge in [0.05, 0.1) is 10.6 Å². The Morgan fingerprint density at radius 2 is 1.76 bits per heavy atom. The molecule has 0 aliphatic heterocycles. The average molecular weight is 373 g/mol. The summed E-state index contributed by atoms with van der Waals surface area (Å²) < 4.78 is 64.8. The Morgan fingerprint density at radius 1 is 1.04 bits per heavy atom. The minimum Gasteiger partial charge on any atom is -0.206 e. The Labute approximate surface area is 147 Å². The van der Waals surface area contributed by atoms with Gasteiger partial charge in [0.1, 0.15) is 11.6 Å². The zero-order valence-electron chi connectivity index (χ0n) is 13.3. The summed E-state index contributed by atoms with van der Waals surface area (Å²) in [5.74, 6) is 1.06. The van der Waals surface area contributed by atoms with Crippen LogP contribution in [0, 0.1) is 23.5 Å². The largest absolute Gasteiger partial charge is 0.458 e. The molecule has 0 spiro atoms. The molecular weight excluding hydrogens is 359 g/mol. The maximum absolute atomic E-state index is 14.3. The highest BCUT2D eigenvalue weighted by molar-refractivity contribution is 6.32. The Kier molecular flexibility index (Phi) is 6.07. The number of benzene rings is 2. The van der Waals surface area contributed by atoms with Gasteiger partial charge in [0.25, 0.3) is 0 Å². The SMILES string of the molecule is CCCCc1ccc(-c2cc(F)c(C#CC(F)(F)F)c(Cl)c2)c(F)c1. The third-order valence-electron chi connectivity index (χ3n) is 3.53. The number of hydrogen-bond acceptors (Lipinski definition) is 0. The summed E-state index contributed by atoms with van der Waals surface area (Å²) in [5, 5.41) is -0.304. The van der Waals surface area contributed by atoms with Gasteiger partial charge in [0, 0.05) is 11.5 Å². The van der Waals surface area contributed by atoms with Crippen LogP contribution in [0.5, 0.6) is 0 Å². The normalized spacial score (nSPS) is 11.2. The van der Waals surface area contributed by atoms with Crippen molar-refractivity contribution in [3.63, 3.8) is 0 Å². The molecule has 132 valence electrons. The minimum atomic E-state index is -4.76. The first kappa shape index (κ1) is 19.3. The van der Waals surface area contributed by atoms with Crippen molar-refractivity contribution in [2.75, 3.05) is 0 Å². The lowest BCUT2D eigenvalue weighted by atomic mass is 9.99. The van der Waals surface area contributed by atoms with Crippen molar-refractivity contribution in [3.8, 4) is 23.0 Å². The number of alkyl halides is 3. The number of rotatable bonds is 4. The molecule has 0 atom stereocenters. The molecule has 0 fully saturated rings. The number of hydrogen-bond donors (Lipinski definition) is 0. The van der Waals surface area contributed by atoms with Crippen LogP contribution in [0.15, 0.2) is 30.3 Å². The Bertz CT molecular complexity index is 805. The summed E-state index contributed by atoms with van der Waals surface area (Å²) in [7, 11) is 0. The van der Waals surface area contributed by atoms with Crippen molar-refractivity contribution >= 4 is 11.6 Å². The molecule has 0 aliphatic rings. The first-order valence-corrected chi connectivity index (χ1v) is 7.97. The molecule has 0 bridgehead atoms. The highest BCUT2D eigenvalue weighted by atomic mass is 35.5. The van der Waals surface area contributed by atoms with Gasteiger partial charge in [-0.05, 0) is 42.2 Å². The van der Waals surface area contributed by atoms with Gasteiger partial charge >= 0.3 is 6.18 Å². The molecule has 0 unspecified atom stereocenters. The lowest BCUT2D eigenvalue weighted by Gasteiger charge is -2.09. The molecule has 0 aromatic heterocycles. The second-order valence-corrected chi connectivity index (χ2v) is 5.89. The Morgan fingerprint density at radius 3 is 2.32 bits per heavy atom. The van der Waals surface area contributed by atoms with Gasteiger partial charge in [-0.1, -0.05) is 43.0 Å². The summed E-state index contributed by atoms with van der Waals surface area (Å²) >= 11 is 5.83. The fraction of sp³-hybridized carbons (Fsp3) is 0.263. The lowest BCUT2D eigenvalue weighted by molar-refractivity contribution is -0.0696. The summed E-state index contributed by atoms with van der Waals surface area (Å²) in [4.78, 5) is 0. The standard InChI is InChI=1S/C19H14ClF5/c1-2-3-4-12-5-6-14(17(21)9-12)13-10-16(20)15(18(22)11-13)7-8-19(23,24)25/h5-6,9-11H,2-4H2,1H3. The van der Waals surface area contributed by atoms with E-state index in [9.17, 15) is 22.0 Å². The van der Waals surface area contributed by atoms with Crippen LogP contribution in [0.25, 0.3) is 11.1 Å². The predicted molar refractivity (Wildman–Crippen MR) is 88.3 cm³/mol. The van der Waals surface area contributed by atoms with Crippen LogP contribution in [0.1, 0.15) is 30.9 Å². The van der Waals surface area contributed by atoms with Gasteiger partial charge in [0.15, 0.2) is 0 Å². The van der Waals surface area contributed by atoms with E-state index in [2.05, 4.69) is 0 Å². The molecule has 0 aliphatic carbocycles. The van der Waals surface area contributed by atoms with Crippen molar-refractivity contribution in [2.45, 2.75) is 32.4 Å². The van der Waals surface area contributed by atoms with Gasteiger partial charge in [-0.25, -0.2) is 8.78 Å². The van der Waals surface area contributed by atoms with E-state index in [4.69, 9.17) is 11.6 Å². The van der Waals surface area contributed by atoms with Crippen LogP contribution in [0.4, 0.5) is 22.0 Å². The summed E-state index contributed by atoms with van der Waals surface area (Å²) in [5.41, 5.74) is 0.515. The third kappa shape index (κ3) is 5.20. The fourth-order valence-electron chi connectivity index (χ4n) is 2.31. The molecule has 0 heterocycles. The summed E-state index contributed by atoms with van der Waals surface area (Å²) in [6, 6.07) is 6.74. The van der Waals surface area contributed by atoms with Crippen LogP contribution in [0.2, 0.25) is 5.02 Å². The third-order valence-corrected chi connectivity index (χ3v) is 3.83. The molecule has 2 aromatic rings. The molecule has 25 heavy (non-hydrogen) atoms. The van der Waals surface area contributed by atoms with Gasteiger partial charge in [-0.15, -0.1) is 0 Å². The monoisotopic (exact) mass is 372 g/mol. The maximum Gasteiger partial charge on any atom is 0.458 e. The van der Waals surface area contributed by atoms with Gasteiger partial charge < -0.3 is 0 Å². The van der Waals surface area contributed by atoms with E-state index in [1.165, 1.54) is 18.2 Å². The molecule has 0 amide bonds. The maximum atomic E-state index is 14.3. The van der Waals surface area contributed by atoms with Crippen LogP contribution in [0.3, 0.4) is 0 Å². The summed E-state index contributed by atoms with van der Waals surface area (Å²) in [6.07, 6.45) is -2.12. The van der Waals surface area contributed by atoms with Gasteiger partial charge in [-0.3, -0.25) is 0 Å². The van der Waals surface area contributed by atoms with E-state index in [-0.39, 0.29) is 16.1 Å². The molecule has 0 N–H and O–H groups in total.